The van der Waals surface area contributed by atoms with Gasteiger partial charge in [0.1, 0.15) is 17.4 Å². The van der Waals surface area contributed by atoms with Crippen LogP contribution in [0.15, 0.2) is 12.1 Å². The first-order valence-electron chi connectivity index (χ1n) is 3.60. The molecule has 0 heterocycles. The molecule has 3 N–H and O–H groups in total. The fourth-order valence-electron chi connectivity index (χ4n) is 1.01. The Balaban J connectivity index is 3.47. The highest BCUT2D eigenvalue weighted by molar-refractivity contribution is 5.98. The van der Waals surface area contributed by atoms with Crippen molar-refractivity contribution in [1.29, 1.82) is 5.26 Å². The summed E-state index contributed by atoms with van der Waals surface area (Å²) in [6.07, 6.45) is 0. The monoisotopic (exact) mass is 176 g/mol. The molecule has 0 saturated carbocycles. The number of aromatic hydroxyl groups is 1. The lowest BCUT2D eigenvalue weighted by Crippen LogP contribution is -1.98. The maximum Gasteiger partial charge on any atom is 0.163 e. The van der Waals surface area contributed by atoms with E-state index in [9.17, 15) is 9.90 Å². The van der Waals surface area contributed by atoms with Gasteiger partial charge in [0, 0.05) is 0 Å². The molecule has 1 rings (SSSR count). The van der Waals surface area contributed by atoms with Crippen LogP contribution in [0.3, 0.4) is 0 Å². The molecule has 0 radical (unpaired) electrons. The largest absolute Gasteiger partial charge is 0.506 e. The summed E-state index contributed by atoms with van der Waals surface area (Å²) in [4.78, 5) is 10.9. The molecule has 0 amide bonds. The van der Waals surface area contributed by atoms with E-state index in [-0.39, 0.29) is 28.3 Å². The van der Waals surface area contributed by atoms with Gasteiger partial charge in [0.2, 0.25) is 0 Å². The lowest BCUT2D eigenvalue weighted by atomic mass is 10.1. The second-order valence-corrected chi connectivity index (χ2v) is 2.59. The molecule has 0 saturated heterocycles. The molecule has 0 spiro atoms. The van der Waals surface area contributed by atoms with Crippen LogP contribution in [-0.4, -0.2) is 10.9 Å². The summed E-state index contributed by atoms with van der Waals surface area (Å²) in [5.41, 5.74) is 5.65. The molecule has 0 fully saturated rings. The van der Waals surface area contributed by atoms with Crippen molar-refractivity contribution in [2.75, 3.05) is 5.73 Å². The second-order valence-electron chi connectivity index (χ2n) is 2.59. The van der Waals surface area contributed by atoms with Crippen molar-refractivity contribution in [3.63, 3.8) is 0 Å². The van der Waals surface area contributed by atoms with E-state index in [4.69, 9.17) is 11.0 Å². The number of nitriles is 1. The van der Waals surface area contributed by atoms with Crippen molar-refractivity contribution in [1.82, 2.24) is 0 Å². The maximum absolute atomic E-state index is 10.9. The third-order valence-electron chi connectivity index (χ3n) is 1.70. The van der Waals surface area contributed by atoms with E-state index < -0.39 is 0 Å². The van der Waals surface area contributed by atoms with Crippen LogP contribution in [0.1, 0.15) is 22.8 Å². The molecule has 0 bridgehead atoms. The van der Waals surface area contributed by atoms with Gasteiger partial charge in [-0.1, -0.05) is 0 Å². The van der Waals surface area contributed by atoms with Crippen LogP contribution in [-0.2, 0) is 0 Å². The van der Waals surface area contributed by atoms with E-state index in [0.29, 0.717) is 0 Å². The summed E-state index contributed by atoms with van der Waals surface area (Å²) < 4.78 is 0. The smallest absolute Gasteiger partial charge is 0.163 e. The van der Waals surface area contributed by atoms with Crippen LogP contribution in [0.2, 0.25) is 0 Å². The molecule has 0 aliphatic rings. The van der Waals surface area contributed by atoms with E-state index in [0.717, 1.165) is 0 Å². The lowest BCUT2D eigenvalue weighted by Gasteiger charge is -2.04. The fourth-order valence-corrected chi connectivity index (χ4v) is 1.01. The molecule has 0 unspecified atom stereocenters. The third kappa shape index (κ3) is 1.44. The number of Topliss-reactive ketones (excluding diaryl/α,β-unsaturated/α-hetero) is 1. The number of carbonyl (C=O) groups excluding carboxylic acids is 1. The fraction of sp³-hybridized carbons (Fsp3) is 0.111. The number of phenols is 1. The molecule has 0 atom stereocenters. The van der Waals surface area contributed by atoms with E-state index >= 15 is 0 Å². The molecule has 0 aromatic heterocycles. The average Bonchev–Trinajstić information content (AvgIpc) is 2.04. The molecule has 4 heteroatoms. The van der Waals surface area contributed by atoms with Crippen molar-refractivity contribution in [3.8, 4) is 11.8 Å². The van der Waals surface area contributed by atoms with Gasteiger partial charge in [-0.05, 0) is 19.1 Å². The van der Waals surface area contributed by atoms with Gasteiger partial charge in [0.05, 0.1) is 11.3 Å². The normalized spacial score (nSPS) is 9.23. The minimum absolute atomic E-state index is 0.0484. The zero-order chi connectivity index (χ0) is 10.0. The van der Waals surface area contributed by atoms with Crippen LogP contribution in [0.4, 0.5) is 5.69 Å². The van der Waals surface area contributed by atoms with Crippen LogP contribution in [0.25, 0.3) is 0 Å². The minimum atomic E-state index is -0.338. The Morgan fingerprint density at radius 3 is 2.69 bits per heavy atom. The Hall–Kier alpha value is -2.02. The van der Waals surface area contributed by atoms with Gasteiger partial charge in [0.25, 0.3) is 0 Å². The van der Waals surface area contributed by atoms with Crippen molar-refractivity contribution in [3.05, 3.63) is 23.3 Å². The predicted molar refractivity (Wildman–Crippen MR) is 47.2 cm³/mol. The highest BCUT2D eigenvalue weighted by atomic mass is 16.3. The van der Waals surface area contributed by atoms with E-state index in [2.05, 4.69) is 0 Å². The van der Waals surface area contributed by atoms with Gasteiger partial charge < -0.3 is 10.8 Å². The Labute approximate surface area is 75.2 Å². The van der Waals surface area contributed by atoms with Crippen LogP contribution < -0.4 is 5.73 Å². The predicted octanol–water partition coefficient (Wildman–Crippen LogP) is 1.05. The third-order valence-corrected chi connectivity index (χ3v) is 1.70. The first-order chi connectivity index (χ1) is 6.07. The quantitative estimate of drug-likeness (QED) is 0.494. The highest BCUT2D eigenvalue weighted by Crippen LogP contribution is 2.27. The lowest BCUT2D eigenvalue weighted by molar-refractivity contribution is 0.101. The van der Waals surface area contributed by atoms with E-state index in [1.54, 1.807) is 6.07 Å². The Morgan fingerprint density at radius 2 is 2.23 bits per heavy atom. The standard InChI is InChI=1S/C9H8N2O2/c1-5(12)6-2-3-8(11)7(4-10)9(6)13/h2-3,13H,11H2,1H3. The van der Waals surface area contributed by atoms with Gasteiger partial charge in [-0.3, -0.25) is 4.79 Å². The first-order valence-corrected chi connectivity index (χ1v) is 3.60. The number of nitrogens with zero attached hydrogens (tertiary/aromatic N) is 1. The molecular weight excluding hydrogens is 168 g/mol. The molecule has 0 aliphatic heterocycles. The summed E-state index contributed by atoms with van der Waals surface area (Å²) in [6.45, 7) is 1.31. The van der Waals surface area contributed by atoms with Crippen molar-refractivity contribution in [2.45, 2.75) is 6.92 Å². The zero-order valence-corrected chi connectivity index (χ0v) is 7.03. The summed E-state index contributed by atoms with van der Waals surface area (Å²) in [5, 5.41) is 18.0. The van der Waals surface area contributed by atoms with E-state index in [1.807, 2.05) is 0 Å². The topological polar surface area (TPSA) is 87.1 Å². The second kappa shape index (κ2) is 3.15. The number of hydrogen-bond acceptors (Lipinski definition) is 4. The van der Waals surface area contributed by atoms with Crippen molar-refractivity contribution >= 4 is 11.5 Å². The number of rotatable bonds is 1. The Morgan fingerprint density at radius 1 is 1.62 bits per heavy atom. The molecule has 0 aliphatic carbocycles. The highest BCUT2D eigenvalue weighted by Gasteiger charge is 2.12. The number of carbonyl (C=O) groups is 1. The summed E-state index contributed by atoms with van der Waals surface area (Å²) in [7, 11) is 0. The van der Waals surface area contributed by atoms with Gasteiger partial charge >= 0.3 is 0 Å². The van der Waals surface area contributed by atoms with Gasteiger partial charge in [-0.25, -0.2) is 0 Å². The molecule has 1 aromatic rings. The molecule has 13 heavy (non-hydrogen) atoms. The summed E-state index contributed by atoms with van der Waals surface area (Å²) in [6, 6.07) is 4.55. The van der Waals surface area contributed by atoms with E-state index in [1.165, 1.54) is 19.1 Å². The SMILES string of the molecule is CC(=O)c1ccc(N)c(C#N)c1O. The number of ketones is 1. The Kier molecular flexibility index (Phi) is 2.20. The average molecular weight is 176 g/mol. The number of hydrogen-bond donors (Lipinski definition) is 2. The molecule has 1 aromatic carbocycles. The Bertz CT molecular complexity index is 405. The number of benzene rings is 1. The number of nitrogen functional groups attached to an aromatic ring is 1. The van der Waals surface area contributed by atoms with Crippen molar-refractivity contribution in [2.24, 2.45) is 0 Å². The summed E-state index contributed by atoms with van der Waals surface area (Å²) >= 11 is 0. The number of nitrogens with two attached hydrogens (primary N) is 1. The zero-order valence-electron chi connectivity index (χ0n) is 7.03. The van der Waals surface area contributed by atoms with Crippen molar-refractivity contribution < 1.29 is 9.90 Å². The molecule has 4 nitrogen and oxygen atoms in total. The molecular formula is C9H8N2O2. The summed E-state index contributed by atoms with van der Waals surface area (Å²) in [5.74, 6) is -0.635. The van der Waals surface area contributed by atoms with Gasteiger partial charge in [0.15, 0.2) is 5.78 Å². The van der Waals surface area contributed by atoms with Crippen LogP contribution in [0.5, 0.6) is 5.75 Å². The first kappa shape index (κ1) is 9.07. The van der Waals surface area contributed by atoms with Gasteiger partial charge in [-0.2, -0.15) is 5.26 Å². The van der Waals surface area contributed by atoms with Gasteiger partial charge in [-0.15, -0.1) is 0 Å². The number of phenolic OH excluding ortho intramolecular Hbond substituents is 1. The van der Waals surface area contributed by atoms with Crippen LogP contribution in [0, 0.1) is 11.3 Å². The molecule has 66 valence electrons. The maximum atomic E-state index is 10.9. The van der Waals surface area contributed by atoms with Crippen LogP contribution >= 0.6 is 0 Å². The number of anilines is 1. The minimum Gasteiger partial charge on any atom is -0.506 e.